The van der Waals surface area contributed by atoms with E-state index in [1.165, 1.54) is 0 Å². The second kappa shape index (κ2) is 6.22. The van der Waals surface area contributed by atoms with Crippen LogP contribution in [0.1, 0.15) is 43.0 Å². The van der Waals surface area contributed by atoms with Crippen LogP contribution in [0.5, 0.6) is 5.75 Å². The molecule has 0 radical (unpaired) electrons. The number of unbranched alkanes of at least 4 members (excludes halogenated alkanes) is 1. The van der Waals surface area contributed by atoms with Crippen molar-refractivity contribution >= 4 is 16.9 Å². The maximum Gasteiger partial charge on any atom is 0.349 e. The van der Waals surface area contributed by atoms with Gasteiger partial charge in [-0.1, -0.05) is 25.5 Å². The number of para-hydroxylation sites is 1. The van der Waals surface area contributed by atoms with Crippen LogP contribution < -0.4 is 15.7 Å². The molecule has 1 aromatic carbocycles. The van der Waals surface area contributed by atoms with Gasteiger partial charge < -0.3 is 14.5 Å². The smallest absolute Gasteiger partial charge is 0.349 e. The molecular weight excluding hydrogens is 282 g/mol. The van der Waals surface area contributed by atoms with Gasteiger partial charge in [0.05, 0.1) is 6.61 Å². The number of carbonyl (C=O) groups is 1. The van der Waals surface area contributed by atoms with Crippen LogP contribution in [0, 0.1) is 0 Å². The Morgan fingerprint density at radius 3 is 2.95 bits per heavy atom. The zero-order chi connectivity index (χ0) is 15.5. The highest BCUT2D eigenvalue weighted by atomic mass is 16.5. The van der Waals surface area contributed by atoms with Crippen LogP contribution in [0.3, 0.4) is 0 Å². The molecule has 1 aliphatic rings. The number of ether oxygens (including phenoxy) is 1. The number of benzene rings is 1. The Morgan fingerprint density at radius 2 is 2.23 bits per heavy atom. The molecule has 1 aromatic heterocycles. The van der Waals surface area contributed by atoms with Crippen molar-refractivity contribution in [1.29, 1.82) is 0 Å². The van der Waals surface area contributed by atoms with Gasteiger partial charge in [-0.15, -0.1) is 0 Å². The quantitative estimate of drug-likeness (QED) is 0.658. The zero-order valence-electron chi connectivity index (χ0n) is 12.6. The van der Waals surface area contributed by atoms with Crippen molar-refractivity contribution < 1.29 is 13.9 Å². The van der Waals surface area contributed by atoms with Crippen molar-refractivity contribution in [2.24, 2.45) is 0 Å². The summed E-state index contributed by atoms with van der Waals surface area (Å²) in [5.41, 5.74) is -0.186. The van der Waals surface area contributed by atoms with Crippen molar-refractivity contribution in [2.45, 2.75) is 38.6 Å². The lowest BCUT2D eigenvalue weighted by atomic mass is 10.1. The summed E-state index contributed by atoms with van der Waals surface area (Å²) in [5, 5.41) is 3.49. The normalized spacial score (nSPS) is 14.0. The van der Waals surface area contributed by atoms with Crippen molar-refractivity contribution in [3.05, 3.63) is 40.2 Å². The molecule has 1 heterocycles. The van der Waals surface area contributed by atoms with E-state index >= 15 is 0 Å². The molecule has 1 amide bonds. The monoisotopic (exact) mass is 301 g/mol. The van der Waals surface area contributed by atoms with E-state index in [-0.39, 0.29) is 17.5 Å². The minimum Gasteiger partial charge on any atom is -0.490 e. The fourth-order valence-electron chi connectivity index (χ4n) is 2.21. The topological polar surface area (TPSA) is 68.5 Å². The van der Waals surface area contributed by atoms with E-state index in [1.54, 1.807) is 18.2 Å². The van der Waals surface area contributed by atoms with Gasteiger partial charge >= 0.3 is 5.63 Å². The minimum atomic E-state index is -0.628. The largest absolute Gasteiger partial charge is 0.490 e. The van der Waals surface area contributed by atoms with Crippen LogP contribution in [-0.2, 0) is 0 Å². The predicted molar refractivity (Wildman–Crippen MR) is 83.4 cm³/mol. The van der Waals surface area contributed by atoms with Gasteiger partial charge in [0.25, 0.3) is 5.91 Å². The molecule has 22 heavy (non-hydrogen) atoms. The van der Waals surface area contributed by atoms with Gasteiger partial charge in [-0.25, -0.2) is 4.79 Å². The third-order valence-corrected chi connectivity index (χ3v) is 3.64. The van der Waals surface area contributed by atoms with E-state index in [2.05, 4.69) is 12.2 Å². The highest BCUT2D eigenvalue weighted by Crippen LogP contribution is 2.25. The number of fused-ring (bicyclic) bond motifs is 1. The second-order valence-corrected chi connectivity index (χ2v) is 5.57. The van der Waals surface area contributed by atoms with E-state index in [4.69, 9.17) is 9.15 Å². The molecule has 1 aliphatic carbocycles. The number of amides is 1. The van der Waals surface area contributed by atoms with Crippen LogP contribution in [0.15, 0.2) is 33.5 Å². The van der Waals surface area contributed by atoms with Crippen LogP contribution >= 0.6 is 0 Å². The zero-order valence-corrected chi connectivity index (χ0v) is 12.6. The van der Waals surface area contributed by atoms with Gasteiger partial charge in [0.1, 0.15) is 5.56 Å². The van der Waals surface area contributed by atoms with E-state index in [0.29, 0.717) is 23.3 Å². The predicted octanol–water partition coefficient (Wildman–Crippen LogP) is 2.86. The van der Waals surface area contributed by atoms with Crippen LogP contribution in [0.4, 0.5) is 0 Å². The Balaban J connectivity index is 1.92. The Morgan fingerprint density at radius 1 is 1.41 bits per heavy atom. The molecule has 0 spiro atoms. The number of nitrogens with one attached hydrogen (secondary N) is 1. The molecule has 0 unspecified atom stereocenters. The number of carbonyl (C=O) groups excluding carboxylic acids is 1. The highest BCUT2D eigenvalue weighted by Gasteiger charge is 2.25. The summed E-state index contributed by atoms with van der Waals surface area (Å²) in [4.78, 5) is 24.1. The van der Waals surface area contributed by atoms with Crippen LogP contribution in [0.25, 0.3) is 11.0 Å². The van der Waals surface area contributed by atoms with Crippen molar-refractivity contribution in [3.63, 3.8) is 0 Å². The lowest BCUT2D eigenvalue weighted by molar-refractivity contribution is 0.0947. The third-order valence-electron chi connectivity index (χ3n) is 3.64. The van der Waals surface area contributed by atoms with Crippen molar-refractivity contribution in [2.75, 3.05) is 6.61 Å². The standard InChI is InChI=1S/C17H19NO4/c1-2-3-9-21-14-6-4-5-11-10-13(17(20)22-15(11)14)16(19)18-12-7-8-12/h4-6,10,12H,2-3,7-9H2,1H3,(H,18,19). The van der Waals surface area contributed by atoms with Gasteiger partial charge in [0.2, 0.25) is 0 Å². The summed E-state index contributed by atoms with van der Waals surface area (Å²) in [7, 11) is 0. The summed E-state index contributed by atoms with van der Waals surface area (Å²) in [5.74, 6) is 0.174. The molecular formula is C17H19NO4. The molecule has 0 atom stereocenters. The molecule has 1 N–H and O–H groups in total. The molecule has 5 nitrogen and oxygen atoms in total. The van der Waals surface area contributed by atoms with Crippen molar-refractivity contribution in [3.8, 4) is 5.75 Å². The first-order chi connectivity index (χ1) is 10.7. The molecule has 1 saturated carbocycles. The number of rotatable bonds is 6. The Kier molecular flexibility index (Phi) is 4.13. The van der Waals surface area contributed by atoms with E-state index in [0.717, 1.165) is 25.7 Å². The number of hydrogen-bond donors (Lipinski definition) is 1. The van der Waals surface area contributed by atoms with Gasteiger partial charge in [-0.05, 0) is 31.4 Å². The maximum absolute atomic E-state index is 12.1. The SMILES string of the molecule is CCCCOc1cccc2cc(C(=O)NC3CC3)c(=O)oc12. The van der Waals surface area contributed by atoms with Crippen molar-refractivity contribution in [1.82, 2.24) is 5.32 Å². The fraction of sp³-hybridized carbons (Fsp3) is 0.412. The van der Waals surface area contributed by atoms with Gasteiger partial charge in [0.15, 0.2) is 11.3 Å². The Hall–Kier alpha value is -2.30. The molecule has 1 fully saturated rings. The first kappa shape index (κ1) is 14.6. The van der Waals surface area contributed by atoms with Gasteiger partial charge in [0, 0.05) is 11.4 Å². The lowest BCUT2D eigenvalue weighted by Crippen LogP contribution is -2.29. The van der Waals surface area contributed by atoms with E-state index < -0.39 is 5.63 Å². The molecule has 3 rings (SSSR count). The third kappa shape index (κ3) is 3.13. The highest BCUT2D eigenvalue weighted by molar-refractivity contribution is 5.97. The van der Waals surface area contributed by atoms with Crippen LogP contribution in [0.2, 0.25) is 0 Å². The molecule has 0 bridgehead atoms. The molecule has 0 aliphatic heterocycles. The average molecular weight is 301 g/mol. The molecule has 5 heteroatoms. The first-order valence-corrected chi connectivity index (χ1v) is 7.69. The van der Waals surface area contributed by atoms with E-state index in [9.17, 15) is 9.59 Å². The van der Waals surface area contributed by atoms with Crippen LogP contribution in [-0.4, -0.2) is 18.6 Å². The summed E-state index contributed by atoms with van der Waals surface area (Å²) in [6.07, 6.45) is 3.91. The summed E-state index contributed by atoms with van der Waals surface area (Å²) in [6.45, 7) is 2.65. The Labute approximate surface area is 128 Å². The van der Waals surface area contributed by atoms with Gasteiger partial charge in [-0.3, -0.25) is 4.79 Å². The van der Waals surface area contributed by atoms with Gasteiger partial charge in [-0.2, -0.15) is 0 Å². The lowest BCUT2D eigenvalue weighted by Gasteiger charge is -2.08. The summed E-state index contributed by atoms with van der Waals surface area (Å²) >= 11 is 0. The first-order valence-electron chi connectivity index (χ1n) is 7.69. The van der Waals surface area contributed by atoms with E-state index in [1.807, 2.05) is 6.07 Å². The maximum atomic E-state index is 12.1. The second-order valence-electron chi connectivity index (χ2n) is 5.57. The molecule has 2 aromatic rings. The number of hydrogen-bond acceptors (Lipinski definition) is 4. The summed E-state index contributed by atoms with van der Waals surface area (Å²) < 4.78 is 11.0. The Bertz CT molecular complexity index is 746. The molecule has 116 valence electrons. The fourth-order valence-corrected chi connectivity index (χ4v) is 2.21. The minimum absolute atomic E-state index is 0.0464. The summed E-state index contributed by atoms with van der Waals surface area (Å²) in [6, 6.07) is 7.17. The average Bonchev–Trinajstić information content (AvgIpc) is 3.31. The molecule has 0 saturated heterocycles.